The lowest BCUT2D eigenvalue weighted by Crippen LogP contribution is -2.30. The second-order valence-electron chi connectivity index (χ2n) is 22.3. The molecule has 0 aliphatic carbocycles. The number of carbonyl (C=O) groups is 3. The van der Waals surface area contributed by atoms with Crippen LogP contribution in [0.3, 0.4) is 0 Å². The quantitative estimate of drug-likeness (QED) is 0.0261. The van der Waals surface area contributed by atoms with Gasteiger partial charge in [0.15, 0.2) is 6.10 Å². The predicted molar refractivity (Wildman–Crippen MR) is 357 cm³/mol. The molecule has 0 bridgehead atoms. The second kappa shape index (κ2) is 69.0. The minimum atomic E-state index is -0.801. The van der Waals surface area contributed by atoms with Crippen LogP contribution >= 0.6 is 0 Å². The minimum Gasteiger partial charge on any atom is -0.462 e. The van der Waals surface area contributed by atoms with Crippen LogP contribution < -0.4 is 0 Å². The maximum Gasteiger partial charge on any atom is 0.306 e. The van der Waals surface area contributed by atoms with Crippen LogP contribution in [0.2, 0.25) is 0 Å². The zero-order valence-corrected chi connectivity index (χ0v) is 53.5. The Morgan fingerprint density at radius 2 is 0.476 bits per heavy atom. The first-order valence-corrected chi connectivity index (χ1v) is 34.2. The highest BCUT2D eigenvalue weighted by molar-refractivity contribution is 5.71. The Balaban J connectivity index is 4.44. The highest BCUT2D eigenvalue weighted by Gasteiger charge is 2.19. The fourth-order valence-electron chi connectivity index (χ4n) is 9.25. The lowest BCUT2D eigenvalue weighted by atomic mass is 10.1. The van der Waals surface area contributed by atoms with Crippen LogP contribution in [-0.4, -0.2) is 37.2 Å². The number of allylic oxidation sites excluding steroid dienone is 22. The topological polar surface area (TPSA) is 78.9 Å². The Morgan fingerprint density at radius 3 is 0.768 bits per heavy atom. The van der Waals surface area contributed by atoms with Gasteiger partial charge in [0.05, 0.1) is 0 Å². The van der Waals surface area contributed by atoms with Gasteiger partial charge in [-0.1, -0.05) is 283 Å². The van der Waals surface area contributed by atoms with E-state index >= 15 is 0 Å². The van der Waals surface area contributed by atoms with Crippen molar-refractivity contribution in [3.05, 3.63) is 134 Å². The van der Waals surface area contributed by atoms with Gasteiger partial charge in [0.2, 0.25) is 0 Å². The molecule has 0 saturated carbocycles. The van der Waals surface area contributed by atoms with Crippen LogP contribution in [0.25, 0.3) is 0 Å². The molecule has 1 atom stereocenters. The predicted octanol–water partition coefficient (Wildman–Crippen LogP) is 23.7. The second-order valence-corrected chi connectivity index (χ2v) is 22.3. The minimum absolute atomic E-state index is 0.0942. The average Bonchev–Trinajstić information content (AvgIpc) is 3.47. The van der Waals surface area contributed by atoms with Crippen LogP contribution in [0.5, 0.6) is 0 Å². The zero-order valence-electron chi connectivity index (χ0n) is 53.5. The Hall–Kier alpha value is -4.45. The van der Waals surface area contributed by atoms with Crippen LogP contribution in [0, 0.1) is 0 Å². The monoisotopic (exact) mass is 1130 g/mol. The van der Waals surface area contributed by atoms with Crippen LogP contribution in [0.1, 0.15) is 310 Å². The van der Waals surface area contributed by atoms with E-state index in [-0.39, 0.29) is 31.1 Å². The van der Waals surface area contributed by atoms with E-state index in [1.54, 1.807) is 0 Å². The number of hydrogen-bond donors (Lipinski definition) is 0. The molecule has 0 aromatic rings. The summed E-state index contributed by atoms with van der Waals surface area (Å²) in [6.45, 7) is 6.49. The lowest BCUT2D eigenvalue weighted by molar-refractivity contribution is -0.167. The summed E-state index contributed by atoms with van der Waals surface area (Å²) < 4.78 is 16.9. The summed E-state index contributed by atoms with van der Waals surface area (Å²) in [5.41, 5.74) is 0. The summed E-state index contributed by atoms with van der Waals surface area (Å²) in [7, 11) is 0. The van der Waals surface area contributed by atoms with E-state index in [9.17, 15) is 14.4 Å². The smallest absolute Gasteiger partial charge is 0.306 e. The van der Waals surface area contributed by atoms with Gasteiger partial charge in [-0.15, -0.1) is 0 Å². The average molecular weight is 1140 g/mol. The first-order valence-electron chi connectivity index (χ1n) is 34.2. The molecule has 1 unspecified atom stereocenters. The molecule has 0 fully saturated rings. The van der Waals surface area contributed by atoms with Crippen molar-refractivity contribution < 1.29 is 28.6 Å². The first-order chi connectivity index (χ1) is 40.5. The number of ether oxygens (including phenoxy) is 3. The molecule has 6 nitrogen and oxygen atoms in total. The molecular weight excluding hydrogens is 1010 g/mol. The van der Waals surface area contributed by atoms with Crippen LogP contribution in [0.15, 0.2) is 134 Å². The molecule has 0 aliphatic rings. The summed E-state index contributed by atoms with van der Waals surface area (Å²) in [5.74, 6) is -0.926. The molecule has 82 heavy (non-hydrogen) atoms. The molecule has 0 saturated heterocycles. The molecule has 0 aromatic heterocycles. The van der Waals surface area contributed by atoms with E-state index in [4.69, 9.17) is 14.2 Å². The van der Waals surface area contributed by atoms with Gasteiger partial charge in [-0.2, -0.15) is 0 Å². The fraction of sp³-hybridized carbons (Fsp3) is 0.671. The first kappa shape index (κ1) is 77.5. The van der Waals surface area contributed by atoms with Gasteiger partial charge >= 0.3 is 17.9 Å². The van der Waals surface area contributed by atoms with Crippen molar-refractivity contribution in [3.8, 4) is 0 Å². The van der Waals surface area contributed by atoms with E-state index in [1.165, 1.54) is 135 Å². The fourth-order valence-corrected chi connectivity index (χ4v) is 9.25. The third-order valence-electron chi connectivity index (χ3n) is 14.4. The number of hydrogen-bond acceptors (Lipinski definition) is 6. The van der Waals surface area contributed by atoms with Crippen molar-refractivity contribution in [1.29, 1.82) is 0 Å². The molecule has 466 valence electrons. The number of rotatable bonds is 61. The Kier molecular flexibility index (Phi) is 65.3. The van der Waals surface area contributed by atoms with E-state index in [0.717, 1.165) is 135 Å². The highest BCUT2D eigenvalue weighted by Crippen LogP contribution is 2.15. The molecule has 0 aliphatic heterocycles. The van der Waals surface area contributed by atoms with Gasteiger partial charge < -0.3 is 14.2 Å². The summed E-state index contributed by atoms with van der Waals surface area (Å²) in [6.07, 6.45) is 97.4. The van der Waals surface area contributed by atoms with E-state index in [1.807, 2.05) is 0 Å². The van der Waals surface area contributed by atoms with Crippen molar-refractivity contribution in [2.45, 2.75) is 316 Å². The van der Waals surface area contributed by atoms with Gasteiger partial charge in [-0.3, -0.25) is 14.4 Å². The van der Waals surface area contributed by atoms with Crippen molar-refractivity contribution in [2.75, 3.05) is 13.2 Å². The van der Waals surface area contributed by atoms with Crippen molar-refractivity contribution in [3.63, 3.8) is 0 Å². The third-order valence-corrected chi connectivity index (χ3v) is 14.4. The molecule has 0 heterocycles. The molecule has 0 aromatic carbocycles. The third kappa shape index (κ3) is 66.4. The van der Waals surface area contributed by atoms with E-state index < -0.39 is 6.10 Å². The van der Waals surface area contributed by atoms with E-state index in [0.29, 0.717) is 19.3 Å². The van der Waals surface area contributed by atoms with Gasteiger partial charge in [0.25, 0.3) is 0 Å². The van der Waals surface area contributed by atoms with E-state index in [2.05, 4.69) is 154 Å². The van der Waals surface area contributed by atoms with Gasteiger partial charge in [-0.25, -0.2) is 0 Å². The normalized spacial score (nSPS) is 13.0. The summed E-state index contributed by atoms with van der Waals surface area (Å²) in [6, 6.07) is 0. The SMILES string of the molecule is CC/C=C\C/C=C\C/C=C\C/C=C\C/C=C\C/C=C\C/C=C\C/C=C\CCCCCCC(=O)OCC(COC(=O)CCCCCCCCC/C=C\CCCCCCCC)OC(=O)CCCCCCCCC/C=C\C/C=C\CCCCCC. The van der Waals surface area contributed by atoms with Gasteiger partial charge in [-0.05, 0) is 141 Å². The molecular formula is C76H126O6. The highest BCUT2D eigenvalue weighted by atomic mass is 16.6. The molecule has 0 radical (unpaired) electrons. The van der Waals surface area contributed by atoms with Crippen molar-refractivity contribution in [1.82, 2.24) is 0 Å². The molecule has 0 spiro atoms. The zero-order chi connectivity index (χ0) is 59.2. The Labute approximate surface area is 506 Å². The molecule has 0 rings (SSSR count). The maximum absolute atomic E-state index is 12.9. The number of esters is 3. The number of carbonyl (C=O) groups excluding carboxylic acids is 3. The van der Waals surface area contributed by atoms with Gasteiger partial charge in [0.1, 0.15) is 13.2 Å². The van der Waals surface area contributed by atoms with Gasteiger partial charge in [0, 0.05) is 19.3 Å². The standard InChI is InChI=1S/C76H126O6/c1-4-7-10-13-16-19-22-25-28-31-33-34-35-36-37-38-39-40-41-42-43-46-48-51-54-57-60-63-66-69-75(78)81-72-73(71-80-74(77)68-65-62-59-56-53-50-47-44-30-27-24-21-18-15-12-9-6-3)82-76(79)70-67-64-61-58-55-52-49-45-32-29-26-23-20-17-14-11-8-5-2/h7,10,16,19-20,23,25,27-30,32-34,36-37,39-40,42-43,48,51,73H,4-6,8-9,11-15,17-18,21-22,24,26,31,35,38,41,44-47,49-50,52-72H2,1-3H3/b10-7-,19-16-,23-20-,28-25-,30-27-,32-29-,34-33-,37-36-,40-39-,43-42-,51-48-. The summed E-state index contributed by atoms with van der Waals surface area (Å²) >= 11 is 0. The molecule has 6 heteroatoms. The lowest BCUT2D eigenvalue weighted by Gasteiger charge is -2.18. The number of unbranched alkanes of at least 4 members (excludes halogenated alkanes) is 28. The summed E-state index contributed by atoms with van der Waals surface area (Å²) in [4.78, 5) is 38.4. The van der Waals surface area contributed by atoms with Crippen molar-refractivity contribution in [2.24, 2.45) is 0 Å². The van der Waals surface area contributed by atoms with Crippen molar-refractivity contribution >= 4 is 17.9 Å². The molecule has 0 amide bonds. The maximum atomic E-state index is 12.9. The Morgan fingerprint density at radius 1 is 0.256 bits per heavy atom. The summed E-state index contributed by atoms with van der Waals surface area (Å²) in [5, 5.41) is 0. The Bertz CT molecular complexity index is 1730. The molecule has 0 N–H and O–H groups in total. The largest absolute Gasteiger partial charge is 0.462 e. The van der Waals surface area contributed by atoms with Crippen LogP contribution in [0.4, 0.5) is 0 Å². The van der Waals surface area contributed by atoms with Crippen LogP contribution in [-0.2, 0) is 28.6 Å².